The molecule has 4 nitrogen and oxygen atoms in total. The third kappa shape index (κ3) is 1.36. The van der Waals surface area contributed by atoms with E-state index in [1.807, 2.05) is 24.3 Å². The van der Waals surface area contributed by atoms with E-state index in [1.165, 1.54) is 0 Å². The fourth-order valence-corrected chi connectivity index (χ4v) is 2.63. The van der Waals surface area contributed by atoms with Crippen molar-refractivity contribution in [1.82, 2.24) is 9.97 Å². The number of aromatic nitrogens is 2. The molecule has 0 atom stereocenters. The summed E-state index contributed by atoms with van der Waals surface area (Å²) < 4.78 is 0. The van der Waals surface area contributed by atoms with Crippen LogP contribution in [0.25, 0.3) is 32.7 Å². The first-order chi connectivity index (χ1) is 9.75. The normalized spacial score (nSPS) is 11.4. The third-order valence-corrected chi connectivity index (χ3v) is 3.61. The van der Waals surface area contributed by atoms with Crippen LogP contribution in [0.4, 0.5) is 5.69 Å². The zero-order chi connectivity index (χ0) is 13.7. The van der Waals surface area contributed by atoms with Crippen molar-refractivity contribution in [2.75, 3.05) is 5.73 Å². The van der Waals surface area contributed by atoms with Crippen molar-refractivity contribution in [3.8, 4) is 0 Å². The molecule has 0 radical (unpaired) electrons. The summed E-state index contributed by atoms with van der Waals surface area (Å²) in [6, 6.07) is 13.0. The van der Waals surface area contributed by atoms with Gasteiger partial charge in [0.1, 0.15) is 0 Å². The van der Waals surface area contributed by atoms with Crippen molar-refractivity contribution in [3.05, 3.63) is 58.9 Å². The van der Waals surface area contributed by atoms with Crippen LogP contribution in [0, 0.1) is 0 Å². The summed E-state index contributed by atoms with van der Waals surface area (Å²) in [6.07, 6.45) is 1.72. The molecule has 0 unspecified atom stereocenters. The van der Waals surface area contributed by atoms with E-state index in [1.54, 1.807) is 24.4 Å². The summed E-state index contributed by atoms with van der Waals surface area (Å²) in [4.78, 5) is 20.2. The number of anilines is 1. The number of hydrogen-bond acceptors (Lipinski definition) is 3. The molecule has 0 saturated carbocycles. The van der Waals surface area contributed by atoms with Gasteiger partial charge in [0.15, 0.2) is 5.43 Å². The number of hydrogen-bond donors (Lipinski definition) is 2. The lowest BCUT2D eigenvalue weighted by Crippen LogP contribution is -2.06. The first kappa shape index (κ1) is 11.0. The Morgan fingerprint density at radius 2 is 1.80 bits per heavy atom. The van der Waals surface area contributed by atoms with Crippen molar-refractivity contribution in [3.63, 3.8) is 0 Å². The van der Waals surface area contributed by atoms with Crippen molar-refractivity contribution in [1.29, 1.82) is 0 Å². The number of benzene rings is 2. The lowest BCUT2D eigenvalue weighted by Gasteiger charge is -2.07. The fraction of sp³-hybridized carbons (Fsp3) is 0. The number of pyridine rings is 2. The Kier molecular flexibility index (Phi) is 2.09. The van der Waals surface area contributed by atoms with Gasteiger partial charge in [0.05, 0.1) is 22.2 Å². The molecule has 0 aliphatic heterocycles. The van der Waals surface area contributed by atoms with E-state index in [0.717, 1.165) is 16.4 Å². The molecule has 2 aromatic heterocycles. The lowest BCUT2D eigenvalue weighted by molar-refractivity contribution is 1.40. The zero-order valence-corrected chi connectivity index (χ0v) is 10.6. The van der Waals surface area contributed by atoms with E-state index < -0.39 is 0 Å². The van der Waals surface area contributed by atoms with E-state index in [-0.39, 0.29) is 5.43 Å². The Morgan fingerprint density at radius 3 is 2.70 bits per heavy atom. The Morgan fingerprint density at radius 1 is 0.950 bits per heavy atom. The molecule has 0 aliphatic carbocycles. The van der Waals surface area contributed by atoms with Crippen LogP contribution in [-0.2, 0) is 0 Å². The maximum atomic E-state index is 12.6. The van der Waals surface area contributed by atoms with Gasteiger partial charge in [0.25, 0.3) is 0 Å². The van der Waals surface area contributed by atoms with E-state index in [2.05, 4.69) is 9.97 Å². The summed E-state index contributed by atoms with van der Waals surface area (Å²) in [7, 11) is 0. The predicted octanol–water partition coefficient (Wildman–Crippen LogP) is 2.81. The Balaban J connectivity index is 2.36. The van der Waals surface area contributed by atoms with E-state index in [4.69, 9.17) is 5.73 Å². The SMILES string of the molecule is Nc1cccc2c(=O)c3ccc4cccnc4c3[nH]c12. The Hall–Kier alpha value is -2.88. The van der Waals surface area contributed by atoms with Crippen LogP contribution in [0.1, 0.15) is 0 Å². The number of H-pyrrole nitrogens is 1. The molecule has 0 spiro atoms. The molecule has 4 heteroatoms. The predicted molar refractivity (Wildman–Crippen MR) is 81.8 cm³/mol. The highest BCUT2D eigenvalue weighted by Gasteiger charge is 2.10. The summed E-state index contributed by atoms with van der Waals surface area (Å²) in [5.41, 5.74) is 8.70. The van der Waals surface area contributed by atoms with Crippen molar-refractivity contribution in [2.24, 2.45) is 0 Å². The number of nitrogens with zero attached hydrogens (tertiary/aromatic N) is 1. The minimum absolute atomic E-state index is 0.0198. The van der Waals surface area contributed by atoms with Gasteiger partial charge in [-0.2, -0.15) is 0 Å². The number of nitrogens with two attached hydrogens (primary N) is 1. The second kappa shape index (κ2) is 3.81. The van der Waals surface area contributed by atoms with E-state index in [0.29, 0.717) is 22.0 Å². The minimum atomic E-state index is -0.0198. The molecule has 3 N–H and O–H groups in total. The van der Waals surface area contributed by atoms with Crippen molar-refractivity contribution < 1.29 is 0 Å². The van der Waals surface area contributed by atoms with Crippen LogP contribution >= 0.6 is 0 Å². The van der Waals surface area contributed by atoms with Gasteiger partial charge in [-0.15, -0.1) is 0 Å². The van der Waals surface area contributed by atoms with Gasteiger partial charge in [0, 0.05) is 22.4 Å². The van der Waals surface area contributed by atoms with Crippen LogP contribution in [-0.4, -0.2) is 9.97 Å². The van der Waals surface area contributed by atoms with Crippen molar-refractivity contribution >= 4 is 38.4 Å². The molecule has 20 heavy (non-hydrogen) atoms. The summed E-state index contributed by atoms with van der Waals surface area (Å²) in [5, 5.41) is 2.23. The maximum Gasteiger partial charge on any atom is 0.197 e. The molecule has 2 aromatic carbocycles. The third-order valence-electron chi connectivity index (χ3n) is 3.61. The quantitative estimate of drug-likeness (QED) is 0.290. The first-order valence-corrected chi connectivity index (χ1v) is 6.33. The summed E-state index contributed by atoms with van der Waals surface area (Å²) >= 11 is 0. The summed E-state index contributed by atoms with van der Waals surface area (Å²) in [5.74, 6) is 0. The van der Waals surface area contributed by atoms with Gasteiger partial charge >= 0.3 is 0 Å². The molecular weight excluding hydrogens is 250 g/mol. The van der Waals surface area contributed by atoms with Crippen LogP contribution in [0.5, 0.6) is 0 Å². The van der Waals surface area contributed by atoms with Gasteiger partial charge < -0.3 is 10.7 Å². The molecule has 96 valence electrons. The second-order valence-electron chi connectivity index (χ2n) is 4.79. The monoisotopic (exact) mass is 261 g/mol. The highest BCUT2D eigenvalue weighted by molar-refractivity contribution is 6.07. The number of rotatable bonds is 0. The smallest absolute Gasteiger partial charge is 0.197 e. The molecule has 0 amide bonds. The molecule has 0 aliphatic rings. The maximum absolute atomic E-state index is 12.6. The molecule has 4 rings (SSSR count). The Bertz CT molecular complexity index is 1030. The molecule has 2 heterocycles. The topological polar surface area (TPSA) is 71.8 Å². The highest BCUT2D eigenvalue weighted by atomic mass is 16.1. The average molecular weight is 261 g/mol. The number of fused-ring (bicyclic) bond motifs is 4. The average Bonchev–Trinajstić information content (AvgIpc) is 2.48. The lowest BCUT2D eigenvalue weighted by atomic mass is 10.1. The van der Waals surface area contributed by atoms with Gasteiger partial charge in [-0.05, 0) is 24.3 Å². The summed E-state index contributed by atoms with van der Waals surface area (Å²) in [6.45, 7) is 0. The number of para-hydroxylation sites is 1. The number of nitrogen functional groups attached to an aromatic ring is 1. The van der Waals surface area contributed by atoms with Gasteiger partial charge in [-0.3, -0.25) is 9.78 Å². The molecule has 0 bridgehead atoms. The van der Waals surface area contributed by atoms with Crippen LogP contribution < -0.4 is 11.2 Å². The van der Waals surface area contributed by atoms with Crippen LogP contribution in [0.15, 0.2) is 53.5 Å². The van der Waals surface area contributed by atoms with E-state index >= 15 is 0 Å². The molecular formula is C16H11N3O. The highest BCUT2D eigenvalue weighted by Crippen LogP contribution is 2.24. The van der Waals surface area contributed by atoms with E-state index in [9.17, 15) is 4.79 Å². The van der Waals surface area contributed by atoms with Gasteiger partial charge in [0.2, 0.25) is 0 Å². The van der Waals surface area contributed by atoms with Crippen molar-refractivity contribution in [2.45, 2.75) is 0 Å². The standard InChI is InChI=1S/C16H11N3O/c17-12-5-1-4-10-14(12)19-15-11(16(10)20)7-6-9-3-2-8-18-13(9)15/h1-8H,17H2,(H,19,20). The second-order valence-corrected chi connectivity index (χ2v) is 4.79. The zero-order valence-electron chi connectivity index (χ0n) is 10.6. The Labute approximate surface area is 113 Å². The van der Waals surface area contributed by atoms with Crippen LogP contribution in [0.2, 0.25) is 0 Å². The van der Waals surface area contributed by atoms with Gasteiger partial charge in [-0.25, -0.2) is 0 Å². The van der Waals surface area contributed by atoms with Crippen LogP contribution in [0.3, 0.4) is 0 Å². The van der Waals surface area contributed by atoms with Gasteiger partial charge in [-0.1, -0.05) is 18.2 Å². The fourth-order valence-electron chi connectivity index (χ4n) is 2.63. The largest absolute Gasteiger partial charge is 0.397 e. The molecule has 0 saturated heterocycles. The molecule has 0 fully saturated rings. The molecule has 4 aromatic rings. The number of aromatic amines is 1. The number of nitrogens with one attached hydrogen (secondary N) is 1. The minimum Gasteiger partial charge on any atom is -0.397 e. The first-order valence-electron chi connectivity index (χ1n) is 6.33.